The van der Waals surface area contributed by atoms with Crippen molar-refractivity contribution in [2.75, 3.05) is 26.2 Å². The summed E-state index contributed by atoms with van der Waals surface area (Å²) in [6.07, 6.45) is 2.59. The van der Waals surface area contributed by atoms with Crippen LogP contribution in [0.2, 0.25) is 0 Å². The highest BCUT2D eigenvalue weighted by molar-refractivity contribution is 5.85. The van der Waals surface area contributed by atoms with Crippen LogP contribution in [0, 0.1) is 0 Å². The van der Waals surface area contributed by atoms with Gasteiger partial charge in [-0.2, -0.15) is 0 Å². The number of rotatable bonds is 1. The van der Waals surface area contributed by atoms with Crippen LogP contribution in [-0.4, -0.2) is 37.1 Å². The molecule has 0 spiro atoms. The maximum Gasteiger partial charge on any atom is 0.0166 e. The lowest BCUT2D eigenvalue weighted by molar-refractivity contribution is 0.141. The highest BCUT2D eigenvalue weighted by Crippen LogP contribution is 2.34. The zero-order valence-electron chi connectivity index (χ0n) is 11.5. The van der Waals surface area contributed by atoms with Crippen molar-refractivity contribution in [3.63, 3.8) is 0 Å². The van der Waals surface area contributed by atoms with E-state index in [1.165, 1.54) is 25.9 Å². The number of aryl methyl sites for hydroxylation is 1. The first kappa shape index (κ1) is 16.8. The molecule has 0 bridgehead atoms. The topological polar surface area (TPSA) is 15.3 Å². The molecule has 0 saturated carbocycles. The summed E-state index contributed by atoms with van der Waals surface area (Å²) < 4.78 is 0. The van der Waals surface area contributed by atoms with Gasteiger partial charge < -0.3 is 5.32 Å². The normalized spacial score (nSPS) is 26.8. The molecule has 4 heteroatoms. The minimum Gasteiger partial charge on any atom is -0.314 e. The van der Waals surface area contributed by atoms with Gasteiger partial charge in [-0.1, -0.05) is 31.2 Å². The zero-order chi connectivity index (χ0) is 11.7. The molecular weight excluding hydrogens is 279 g/mol. The van der Waals surface area contributed by atoms with Gasteiger partial charge in [-0.15, -0.1) is 24.8 Å². The minimum absolute atomic E-state index is 0. The van der Waals surface area contributed by atoms with Gasteiger partial charge in [-0.25, -0.2) is 0 Å². The van der Waals surface area contributed by atoms with Crippen LogP contribution in [0.5, 0.6) is 0 Å². The number of benzene rings is 1. The van der Waals surface area contributed by atoms with Crippen LogP contribution in [-0.2, 0) is 6.42 Å². The number of nitrogens with one attached hydrogen (secondary N) is 1. The SMILES string of the molecule is C[C@H]1c2ccccc2CC[C@H]1N1CCNCC1.Cl.Cl. The number of fused-ring (bicyclic) bond motifs is 1. The van der Waals surface area contributed by atoms with E-state index in [0.717, 1.165) is 19.1 Å². The molecule has 1 aliphatic carbocycles. The largest absolute Gasteiger partial charge is 0.314 e. The molecule has 3 rings (SSSR count). The number of piperazine rings is 1. The number of nitrogens with zero attached hydrogens (tertiary/aromatic N) is 1. The second kappa shape index (κ2) is 7.49. The summed E-state index contributed by atoms with van der Waals surface area (Å²) >= 11 is 0. The lowest BCUT2D eigenvalue weighted by atomic mass is 9.79. The Hall–Kier alpha value is -0.280. The van der Waals surface area contributed by atoms with Gasteiger partial charge in [0.25, 0.3) is 0 Å². The summed E-state index contributed by atoms with van der Waals surface area (Å²) in [7, 11) is 0. The van der Waals surface area contributed by atoms with E-state index in [4.69, 9.17) is 0 Å². The molecule has 2 aliphatic rings. The second-order valence-electron chi connectivity index (χ2n) is 5.38. The third kappa shape index (κ3) is 3.43. The highest BCUT2D eigenvalue weighted by atomic mass is 35.5. The van der Waals surface area contributed by atoms with Gasteiger partial charge in [0.15, 0.2) is 0 Å². The van der Waals surface area contributed by atoms with Gasteiger partial charge in [0.1, 0.15) is 0 Å². The molecular formula is C15H24Cl2N2. The number of hydrogen-bond donors (Lipinski definition) is 1. The molecule has 0 unspecified atom stereocenters. The van der Waals surface area contributed by atoms with Gasteiger partial charge >= 0.3 is 0 Å². The smallest absolute Gasteiger partial charge is 0.0166 e. The molecule has 1 N–H and O–H groups in total. The molecule has 0 aromatic heterocycles. The summed E-state index contributed by atoms with van der Waals surface area (Å²) in [5, 5.41) is 3.45. The monoisotopic (exact) mass is 302 g/mol. The summed E-state index contributed by atoms with van der Waals surface area (Å²) in [6, 6.07) is 9.76. The van der Waals surface area contributed by atoms with Crippen molar-refractivity contribution in [2.24, 2.45) is 0 Å². The fourth-order valence-electron chi connectivity index (χ4n) is 3.48. The Morgan fingerprint density at radius 2 is 1.79 bits per heavy atom. The molecule has 1 aromatic rings. The van der Waals surface area contributed by atoms with E-state index in [1.807, 2.05) is 0 Å². The summed E-state index contributed by atoms with van der Waals surface area (Å²) in [5.41, 5.74) is 3.16. The molecule has 1 aromatic carbocycles. The van der Waals surface area contributed by atoms with Crippen molar-refractivity contribution < 1.29 is 0 Å². The van der Waals surface area contributed by atoms with E-state index in [-0.39, 0.29) is 24.8 Å². The van der Waals surface area contributed by atoms with Gasteiger partial charge in [-0.05, 0) is 29.9 Å². The Balaban J connectivity index is 0.000000902. The van der Waals surface area contributed by atoms with Crippen molar-refractivity contribution in [3.05, 3.63) is 35.4 Å². The Kier molecular flexibility index (Phi) is 6.61. The van der Waals surface area contributed by atoms with Gasteiger partial charge in [-0.3, -0.25) is 4.90 Å². The Labute approximate surface area is 128 Å². The predicted octanol–water partition coefficient (Wildman–Crippen LogP) is 2.85. The van der Waals surface area contributed by atoms with E-state index in [0.29, 0.717) is 5.92 Å². The van der Waals surface area contributed by atoms with Crippen LogP contribution in [0.4, 0.5) is 0 Å². The van der Waals surface area contributed by atoms with Crippen molar-refractivity contribution in [1.82, 2.24) is 10.2 Å². The second-order valence-corrected chi connectivity index (χ2v) is 5.38. The van der Waals surface area contributed by atoms with Crippen molar-refractivity contribution in [2.45, 2.75) is 31.7 Å². The molecule has 0 amide bonds. The van der Waals surface area contributed by atoms with Crippen molar-refractivity contribution >= 4 is 24.8 Å². The van der Waals surface area contributed by atoms with Crippen molar-refractivity contribution in [3.8, 4) is 0 Å². The maximum atomic E-state index is 3.45. The van der Waals surface area contributed by atoms with Crippen LogP contribution in [0.25, 0.3) is 0 Å². The van der Waals surface area contributed by atoms with E-state index in [9.17, 15) is 0 Å². The summed E-state index contributed by atoms with van der Waals surface area (Å²) in [4.78, 5) is 2.69. The molecule has 19 heavy (non-hydrogen) atoms. The van der Waals surface area contributed by atoms with Crippen LogP contribution in [0.15, 0.2) is 24.3 Å². The van der Waals surface area contributed by atoms with E-state index >= 15 is 0 Å². The van der Waals surface area contributed by atoms with Gasteiger partial charge in [0, 0.05) is 32.2 Å². The van der Waals surface area contributed by atoms with E-state index in [1.54, 1.807) is 11.1 Å². The first-order chi connectivity index (χ1) is 8.36. The Bertz CT molecular complexity index is 391. The minimum atomic E-state index is 0. The first-order valence-electron chi connectivity index (χ1n) is 6.89. The molecule has 1 heterocycles. The fraction of sp³-hybridized carbons (Fsp3) is 0.600. The Morgan fingerprint density at radius 3 is 2.53 bits per heavy atom. The number of hydrogen-bond acceptors (Lipinski definition) is 2. The average molecular weight is 303 g/mol. The zero-order valence-corrected chi connectivity index (χ0v) is 13.1. The molecule has 2 nitrogen and oxygen atoms in total. The maximum absolute atomic E-state index is 3.45. The Morgan fingerprint density at radius 1 is 1.11 bits per heavy atom. The quantitative estimate of drug-likeness (QED) is 0.858. The van der Waals surface area contributed by atoms with Crippen molar-refractivity contribution in [1.29, 1.82) is 0 Å². The standard InChI is InChI=1S/C15H22N2.2ClH/c1-12-14-5-3-2-4-13(14)6-7-15(12)17-10-8-16-9-11-17;;/h2-5,12,15-16H,6-11H2,1H3;2*1H/t12-,15+;;/m0../s1. The lowest BCUT2D eigenvalue weighted by Crippen LogP contribution is -2.51. The van der Waals surface area contributed by atoms with Crippen LogP contribution in [0.3, 0.4) is 0 Å². The van der Waals surface area contributed by atoms with Crippen LogP contribution in [0.1, 0.15) is 30.4 Å². The third-order valence-corrected chi connectivity index (χ3v) is 4.45. The van der Waals surface area contributed by atoms with E-state index in [2.05, 4.69) is 41.4 Å². The molecule has 108 valence electrons. The predicted molar refractivity (Wildman–Crippen MR) is 85.9 cm³/mol. The van der Waals surface area contributed by atoms with E-state index < -0.39 is 0 Å². The lowest BCUT2D eigenvalue weighted by Gasteiger charge is -2.41. The number of halogens is 2. The molecule has 1 saturated heterocycles. The van der Waals surface area contributed by atoms with Gasteiger partial charge in [0.2, 0.25) is 0 Å². The first-order valence-corrected chi connectivity index (χ1v) is 6.89. The fourth-order valence-corrected chi connectivity index (χ4v) is 3.48. The third-order valence-electron chi connectivity index (χ3n) is 4.45. The summed E-state index contributed by atoms with van der Waals surface area (Å²) in [5.74, 6) is 0.693. The molecule has 0 radical (unpaired) electrons. The molecule has 1 fully saturated rings. The van der Waals surface area contributed by atoms with Gasteiger partial charge in [0.05, 0.1) is 0 Å². The average Bonchev–Trinajstić information content (AvgIpc) is 2.40. The molecule has 1 aliphatic heterocycles. The van der Waals surface area contributed by atoms with Crippen LogP contribution >= 0.6 is 24.8 Å². The summed E-state index contributed by atoms with van der Waals surface area (Å²) in [6.45, 7) is 7.16. The van der Waals surface area contributed by atoms with Crippen LogP contribution < -0.4 is 5.32 Å². The highest BCUT2D eigenvalue weighted by Gasteiger charge is 2.30. The molecule has 2 atom stereocenters.